The van der Waals surface area contributed by atoms with Gasteiger partial charge >= 0.3 is 5.97 Å². The van der Waals surface area contributed by atoms with Crippen LogP contribution in [0.15, 0.2) is 22.6 Å². The van der Waals surface area contributed by atoms with Crippen molar-refractivity contribution in [3.63, 3.8) is 0 Å². The molecule has 0 unspecified atom stereocenters. The van der Waals surface area contributed by atoms with Gasteiger partial charge in [0.25, 0.3) is 0 Å². The normalized spacial score (nSPS) is 10.8. The third-order valence-corrected chi connectivity index (χ3v) is 2.62. The van der Waals surface area contributed by atoms with E-state index in [-0.39, 0.29) is 5.97 Å². The number of nitrogens with zero attached hydrogens (tertiary/aromatic N) is 1. The van der Waals surface area contributed by atoms with Crippen LogP contribution in [-0.4, -0.2) is 24.6 Å². The number of aromatic nitrogens is 1. The van der Waals surface area contributed by atoms with Gasteiger partial charge in [-0.3, -0.25) is 4.79 Å². The summed E-state index contributed by atoms with van der Waals surface area (Å²) in [4.78, 5) is 15.2. The van der Waals surface area contributed by atoms with Crippen LogP contribution in [0.25, 0.3) is 11.1 Å². The molecule has 0 spiro atoms. The average molecular weight is 248 g/mol. The highest BCUT2D eigenvalue weighted by Crippen LogP contribution is 2.16. The molecule has 18 heavy (non-hydrogen) atoms. The number of benzene rings is 1. The van der Waals surface area contributed by atoms with Crippen LogP contribution in [-0.2, 0) is 16.1 Å². The summed E-state index contributed by atoms with van der Waals surface area (Å²) in [7, 11) is 1.39. The minimum Gasteiger partial charge on any atom is -0.469 e. The predicted molar refractivity (Wildman–Crippen MR) is 67.1 cm³/mol. The van der Waals surface area contributed by atoms with Crippen molar-refractivity contribution < 1.29 is 13.9 Å². The predicted octanol–water partition coefficient (Wildman–Crippen LogP) is 1.79. The molecule has 0 aliphatic heterocycles. The molecule has 0 saturated carbocycles. The van der Waals surface area contributed by atoms with E-state index >= 15 is 0 Å². The number of methoxy groups -OCH3 is 1. The molecule has 5 nitrogen and oxygen atoms in total. The molecular weight excluding hydrogens is 232 g/mol. The summed E-state index contributed by atoms with van der Waals surface area (Å²) in [6, 6.07) is 5.89. The number of fused-ring (bicyclic) bond motifs is 1. The lowest BCUT2D eigenvalue weighted by Gasteiger charge is -2.03. The molecule has 0 bridgehead atoms. The van der Waals surface area contributed by atoms with Crippen molar-refractivity contribution in [3.8, 4) is 0 Å². The van der Waals surface area contributed by atoms with E-state index in [0.717, 1.165) is 16.7 Å². The first-order chi connectivity index (χ1) is 8.69. The van der Waals surface area contributed by atoms with Gasteiger partial charge in [-0.2, -0.15) is 0 Å². The smallest absolute Gasteiger partial charge is 0.306 e. The van der Waals surface area contributed by atoms with Gasteiger partial charge in [-0.15, -0.1) is 0 Å². The van der Waals surface area contributed by atoms with Crippen molar-refractivity contribution in [2.45, 2.75) is 19.9 Å². The third kappa shape index (κ3) is 3.07. The van der Waals surface area contributed by atoms with Crippen molar-refractivity contribution in [2.75, 3.05) is 13.7 Å². The second kappa shape index (κ2) is 5.64. The SMILES string of the molecule is COC(=O)CCNCc1ccc2nc(C)oc2c1. The maximum atomic E-state index is 10.9. The van der Waals surface area contributed by atoms with Gasteiger partial charge in [0.2, 0.25) is 0 Å². The van der Waals surface area contributed by atoms with Gasteiger partial charge < -0.3 is 14.5 Å². The van der Waals surface area contributed by atoms with Gasteiger partial charge in [-0.25, -0.2) is 4.98 Å². The van der Waals surface area contributed by atoms with Gasteiger partial charge in [0.15, 0.2) is 11.5 Å². The Kier molecular flexibility index (Phi) is 3.94. The van der Waals surface area contributed by atoms with E-state index in [1.165, 1.54) is 7.11 Å². The second-order valence-electron chi connectivity index (χ2n) is 4.04. The zero-order chi connectivity index (χ0) is 13.0. The van der Waals surface area contributed by atoms with Crippen LogP contribution in [0, 0.1) is 6.92 Å². The molecule has 96 valence electrons. The maximum absolute atomic E-state index is 10.9. The molecule has 1 aromatic carbocycles. The van der Waals surface area contributed by atoms with Crippen LogP contribution in [0.1, 0.15) is 17.9 Å². The molecule has 2 rings (SSSR count). The van der Waals surface area contributed by atoms with Crippen LogP contribution in [0.3, 0.4) is 0 Å². The highest BCUT2D eigenvalue weighted by Gasteiger charge is 2.03. The number of aryl methyl sites for hydroxylation is 1. The second-order valence-corrected chi connectivity index (χ2v) is 4.04. The lowest BCUT2D eigenvalue weighted by molar-refractivity contribution is -0.140. The molecule has 0 fully saturated rings. The Morgan fingerprint density at radius 1 is 1.50 bits per heavy atom. The zero-order valence-electron chi connectivity index (χ0n) is 10.5. The lowest BCUT2D eigenvalue weighted by atomic mass is 10.2. The van der Waals surface area contributed by atoms with Gasteiger partial charge in [0, 0.05) is 20.0 Å². The molecular formula is C13H16N2O3. The fourth-order valence-electron chi connectivity index (χ4n) is 1.72. The Morgan fingerprint density at radius 3 is 3.11 bits per heavy atom. The molecule has 0 saturated heterocycles. The fraction of sp³-hybridized carbons (Fsp3) is 0.385. The maximum Gasteiger partial charge on any atom is 0.306 e. The van der Waals surface area contributed by atoms with Crippen molar-refractivity contribution in [2.24, 2.45) is 0 Å². The highest BCUT2D eigenvalue weighted by molar-refractivity contribution is 5.73. The van der Waals surface area contributed by atoms with Crippen molar-refractivity contribution in [3.05, 3.63) is 29.7 Å². The number of esters is 1. The first-order valence-electron chi connectivity index (χ1n) is 5.82. The van der Waals surface area contributed by atoms with E-state index in [1.807, 2.05) is 25.1 Å². The molecule has 1 aromatic heterocycles. The Hall–Kier alpha value is -1.88. The molecule has 0 atom stereocenters. The van der Waals surface area contributed by atoms with E-state index in [4.69, 9.17) is 4.42 Å². The molecule has 1 N–H and O–H groups in total. The molecule has 2 aromatic rings. The van der Waals surface area contributed by atoms with Crippen molar-refractivity contribution in [1.82, 2.24) is 10.3 Å². The Morgan fingerprint density at radius 2 is 2.33 bits per heavy atom. The van der Waals surface area contributed by atoms with Crippen LogP contribution >= 0.6 is 0 Å². The summed E-state index contributed by atoms with van der Waals surface area (Å²) in [5, 5.41) is 3.18. The van der Waals surface area contributed by atoms with E-state index in [2.05, 4.69) is 15.0 Å². The monoisotopic (exact) mass is 248 g/mol. The van der Waals surface area contributed by atoms with E-state index in [1.54, 1.807) is 0 Å². The standard InChI is InChI=1S/C13H16N2O3/c1-9-15-11-4-3-10(7-12(11)18-9)8-14-6-5-13(16)17-2/h3-4,7,14H,5-6,8H2,1-2H3. The number of hydrogen-bond donors (Lipinski definition) is 1. The van der Waals surface area contributed by atoms with E-state index < -0.39 is 0 Å². The number of ether oxygens (including phenoxy) is 1. The van der Waals surface area contributed by atoms with Crippen LogP contribution < -0.4 is 5.32 Å². The topological polar surface area (TPSA) is 64.4 Å². The van der Waals surface area contributed by atoms with Crippen molar-refractivity contribution in [1.29, 1.82) is 0 Å². The number of carbonyl (C=O) groups is 1. The largest absolute Gasteiger partial charge is 0.469 e. The summed E-state index contributed by atoms with van der Waals surface area (Å²) in [5.41, 5.74) is 2.76. The fourth-order valence-corrected chi connectivity index (χ4v) is 1.72. The Balaban J connectivity index is 1.89. The quantitative estimate of drug-likeness (QED) is 0.645. The summed E-state index contributed by atoms with van der Waals surface area (Å²) >= 11 is 0. The Labute approximate surface area is 105 Å². The van der Waals surface area contributed by atoms with Crippen LogP contribution in [0.5, 0.6) is 0 Å². The number of hydrogen-bond acceptors (Lipinski definition) is 5. The van der Waals surface area contributed by atoms with Crippen molar-refractivity contribution >= 4 is 17.1 Å². The number of nitrogens with one attached hydrogen (secondary N) is 1. The number of rotatable bonds is 5. The van der Waals surface area contributed by atoms with E-state index in [9.17, 15) is 4.79 Å². The van der Waals surface area contributed by atoms with Crippen LogP contribution in [0.2, 0.25) is 0 Å². The zero-order valence-corrected chi connectivity index (χ0v) is 10.5. The summed E-state index contributed by atoms with van der Waals surface area (Å²) in [6.07, 6.45) is 0.375. The van der Waals surface area contributed by atoms with Gasteiger partial charge in [-0.1, -0.05) is 6.07 Å². The lowest BCUT2D eigenvalue weighted by Crippen LogP contribution is -2.18. The van der Waals surface area contributed by atoms with Gasteiger partial charge in [0.05, 0.1) is 13.5 Å². The molecule has 0 amide bonds. The average Bonchev–Trinajstić information content (AvgIpc) is 2.73. The summed E-state index contributed by atoms with van der Waals surface area (Å²) < 4.78 is 10.0. The van der Waals surface area contributed by atoms with Gasteiger partial charge in [0.1, 0.15) is 5.52 Å². The first-order valence-corrected chi connectivity index (χ1v) is 5.82. The Bertz CT molecular complexity index is 548. The third-order valence-electron chi connectivity index (χ3n) is 2.62. The summed E-state index contributed by atoms with van der Waals surface area (Å²) in [6.45, 7) is 3.11. The first kappa shape index (κ1) is 12.6. The number of carbonyl (C=O) groups excluding carboxylic acids is 1. The molecule has 5 heteroatoms. The van der Waals surface area contributed by atoms with E-state index in [0.29, 0.717) is 25.4 Å². The molecule has 1 heterocycles. The number of oxazole rings is 1. The minimum absolute atomic E-state index is 0.205. The summed E-state index contributed by atoms with van der Waals surface area (Å²) in [5.74, 6) is 0.463. The molecule has 0 radical (unpaired) electrons. The molecule has 0 aliphatic carbocycles. The highest BCUT2D eigenvalue weighted by atomic mass is 16.5. The minimum atomic E-state index is -0.205. The molecule has 0 aliphatic rings. The van der Waals surface area contributed by atoms with Crippen LogP contribution in [0.4, 0.5) is 0 Å². The van der Waals surface area contributed by atoms with Gasteiger partial charge in [-0.05, 0) is 17.7 Å².